The summed E-state index contributed by atoms with van der Waals surface area (Å²) in [5.74, 6) is 1.97. The van der Waals surface area contributed by atoms with Gasteiger partial charge in [-0.05, 0) is 50.2 Å². The summed E-state index contributed by atoms with van der Waals surface area (Å²) in [6.07, 6.45) is 2.52. The monoisotopic (exact) mass is 486 g/mol. The first-order valence-electron chi connectivity index (χ1n) is 12.7. The zero-order chi connectivity index (χ0) is 23.9. The van der Waals surface area contributed by atoms with E-state index in [1.807, 2.05) is 21.9 Å². The summed E-state index contributed by atoms with van der Waals surface area (Å²) >= 11 is 0. The van der Waals surface area contributed by atoms with Gasteiger partial charge in [-0.3, -0.25) is 10.1 Å². The molecule has 2 aromatic rings. The van der Waals surface area contributed by atoms with E-state index < -0.39 is 12.1 Å². The first kappa shape index (κ1) is 21.6. The number of rotatable bonds is 4. The number of carbonyl (C=O) groups is 1. The fourth-order valence-corrected chi connectivity index (χ4v) is 6.41. The topological polar surface area (TPSA) is 78.0 Å². The molecule has 1 N–H and O–H groups in total. The second-order valence-corrected chi connectivity index (χ2v) is 11.6. The number of hydrogen-bond acceptors (Lipinski definition) is 4. The number of pyridine rings is 1. The van der Waals surface area contributed by atoms with Gasteiger partial charge in [0.25, 0.3) is 0 Å². The van der Waals surface area contributed by atoms with Crippen LogP contribution >= 0.6 is 0 Å². The average molecular weight is 487 g/mol. The first-order valence-corrected chi connectivity index (χ1v) is 12.7. The minimum atomic E-state index is -4.09. The number of urea groups is 1. The number of alkyl halides is 3. The lowest BCUT2D eigenvalue weighted by atomic mass is 9.57. The Kier molecular flexibility index (Phi) is 4.59. The van der Waals surface area contributed by atoms with Gasteiger partial charge in [-0.1, -0.05) is 6.07 Å². The first-order chi connectivity index (χ1) is 16.8. The summed E-state index contributed by atoms with van der Waals surface area (Å²) in [5.41, 5.74) is 2.06. The van der Waals surface area contributed by atoms with Crippen molar-refractivity contribution < 1.29 is 18.0 Å². The lowest BCUT2D eigenvalue weighted by Crippen LogP contribution is -2.67. The summed E-state index contributed by atoms with van der Waals surface area (Å²) in [4.78, 5) is 25.8. The van der Waals surface area contributed by atoms with Crippen LogP contribution < -0.4 is 0 Å². The van der Waals surface area contributed by atoms with E-state index >= 15 is 0 Å². The van der Waals surface area contributed by atoms with Crippen LogP contribution in [0.25, 0.3) is 0 Å². The van der Waals surface area contributed by atoms with Crippen molar-refractivity contribution in [2.45, 2.75) is 68.4 Å². The number of hydrogen-bond donors (Lipinski definition) is 1. The molecule has 2 aromatic heterocycles. The standard InChI is InChI=1S/C25H29F3N6O/c26-25(27,28)19-5-16(6-19)20-4-3-15(9-29-20)18-10-33(11-18)23(35)34-12-24(13-34)7-17(8-24)22-30-21(31-32-22)14-1-2-14/h3-4,9,14,16-19H,1-2,5-8,10-13H2,(H,30,31,32). The number of nitrogens with one attached hydrogen (secondary N) is 1. The highest BCUT2D eigenvalue weighted by atomic mass is 19.4. The molecular weight excluding hydrogens is 457 g/mol. The van der Waals surface area contributed by atoms with E-state index in [1.54, 1.807) is 6.20 Å². The molecule has 2 aliphatic heterocycles. The van der Waals surface area contributed by atoms with Gasteiger partial charge in [0.2, 0.25) is 0 Å². The predicted octanol–water partition coefficient (Wildman–Crippen LogP) is 4.53. The van der Waals surface area contributed by atoms with Crippen LogP contribution in [0, 0.1) is 11.3 Å². The third-order valence-corrected chi connectivity index (χ3v) is 8.98. The molecule has 186 valence electrons. The molecule has 1 spiro atoms. The van der Waals surface area contributed by atoms with E-state index in [4.69, 9.17) is 4.98 Å². The van der Waals surface area contributed by atoms with Crippen molar-refractivity contribution >= 4 is 6.03 Å². The van der Waals surface area contributed by atoms with Crippen LogP contribution in [0.2, 0.25) is 0 Å². The maximum absolute atomic E-state index is 12.9. The highest BCUT2D eigenvalue weighted by Gasteiger charge is 2.56. The second kappa shape index (κ2) is 7.43. The number of halogens is 3. The van der Waals surface area contributed by atoms with Gasteiger partial charge in [-0.2, -0.15) is 18.3 Å². The Morgan fingerprint density at radius 3 is 2.37 bits per heavy atom. The Hall–Kier alpha value is -2.65. The van der Waals surface area contributed by atoms with Crippen LogP contribution in [-0.2, 0) is 0 Å². The molecule has 0 aromatic carbocycles. The van der Waals surface area contributed by atoms with Crippen LogP contribution in [0.5, 0.6) is 0 Å². The lowest BCUT2D eigenvalue weighted by molar-refractivity contribution is -0.197. The van der Waals surface area contributed by atoms with Crippen LogP contribution in [0.3, 0.4) is 0 Å². The van der Waals surface area contributed by atoms with Crippen LogP contribution in [0.1, 0.15) is 85.1 Å². The van der Waals surface area contributed by atoms with E-state index in [0.29, 0.717) is 24.9 Å². The number of carbonyl (C=O) groups excluding carboxylic acids is 1. The van der Waals surface area contributed by atoms with E-state index in [2.05, 4.69) is 15.2 Å². The fraction of sp³-hybridized carbons (Fsp3) is 0.680. The van der Waals surface area contributed by atoms with Crippen LogP contribution in [0.15, 0.2) is 18.3 Å². The van der Waals surface area contributed by atoms with Gasteiger partial charge in [0.15, 0.2) is 5.82 Å². The Labute approximate surface area is 201 Å². The minimum Gasteiger partial charge on any atom is -0.323 e. The summed E-state index contributed by atoms with van der Waals surface area (Å²) in [6, 6.07) is 3.95. The van der Waals surface area contributed by atoms with E-state index in [0.717, 1.165) is 48.8 Å². The quantitative estimate of drug-likeness (QED) is 0.689. The maximum Gasteiger partial charge on any atom is 0.391 e. The molecule has 3 saturated carbocycles. The second-order valence-electron chi connectivity index (χ2n) is 11.6. The molecule has 35 heavy (non-hydrogen) atoms. The third-order valence-electron chi connectivity index (χ3n) is 8.98. The van der Waals surface area contributed by atoms with Gasteiger partial charge in [-0.15, -0.1) is 0 Å². The van der Waals surface area contributed by atoms with Crippen LogP contribution in [0.4, 0.5) is 18.0 Å². The van der Waals surface area contributed by atoms with Gasteiger partial charge in [0.1, 0.15) is 5.82 Å². The molecule has 5 fully saturated rings. The number of amides is 2. The van der Waals surface area contributed by atoms with Crippen molar-refractivity contribution in [2.75, 3.05) is 26.2 Å². The number of nitrogens with zero attached hydrogens (tertiary/aromatic N) is 5. The molecule has 10 heteroatoms. The predicted molar refractivity (Wildman–Crippen MR) is 120 cm³/mol. The highest BCUT2D eigenvalue weighted by Crippen LogP contribution is 2.56. The molecule has 0 atom stereocenters. The molecule has 3 aliphatic carbocycles. The number of aromatic nitrogens is 4. The summed E-state index contributed by atoms with van der Waals surface area (Å²) in [6.45, 7) is 2.99. The minimum absolute atomic E-state index is 0.0935. The third kappa shape index (κ3) is 3.71. The zero-order valence-electron chi connectivity index (χ0n) is 19.5. The lowest BCUT2D eigenvalue weighted by Gasteiger charge is -2.59. The van der Waals surface area contributed by atoms with Crippen molar-refractivity contribution in [3.63, 3.8) is 0 Å². The Balaban J connectivity index is 0.858. The normalized spacial score (nSPS) is 28.3. The smallest absolute Gasteiger partial charge is 0.323 e. The van der Waals surface area contributed by atoms with Gasteiger partial charge in [0.05, 0.1) is 5.92 Å². The molecule has 0 bridgehead atoms. The molecule has 0 radical (unpaired) electrons. The molecule has 0 unspecified atom stereocenters. The van der Waals surface area contributed by atoms with Gasteiger partial charge in [-0.25, -0.2) is 9.78 Å². The maximum atomic E-state index is 12.9. The average Bonchev–Trinajstić information content (AvgIpc) is 3.42. The van der Waals surface area contributed by atoms with Gasteiger partial charge < -0.3 is 9.80 Å². The Bertz CT molecular complexity index is 1120. The summed E-state index contributed by atoms with van der Waals surface area (Å²) in [5, 5.41) is 7.52. The Morgan fingerprint density at radius 1 is 1.00 bits per heavy atom. The van der Waals surface area contributed by atoms with E-state index in [-0.39, 0.29) is 36.1 Å². The van der Waals surface area contributed by atoms with E-state index in [1.165, 1.54) is 12.8 Å². The van der Waals surface area contributed by atoms with Crippen molar-refractivity contribution in [3.05, 3.63) is 41.2 Å². The molecule has 5 aliphatic rings. The Morgan fingerprint density at radius 2 is 1.74 bits per heavy atom. The van der Waals surface area contributed by atoms with Crippen molar-refractivity contribution in [1.82, 2.24) is 30.0 Å². The van der Waals surface area contributed by atoms with Crippen molar-refractivity contribution in [3.8, 4) is 0 Å². The molecule has 2 amide bonds. The zero-order valence-corrected chi connectivity index (χ0v) is 19.5. The number of H-pyrrole nitrogens is 1. The molecule has 2 saturated heterocycles. The molecule has 7 nitrogen and oxygen atoms in total. The van der Waals surface area contributed by atoms with E-state index in [9.17, 15) is 18.0 Å². The summed E-state index contributed by atoms with van der Waals surface area (Å²) in [7, 11) is 0. The van der Waals surface area contributed by atoms with Gasteiger partial charge >= 0.3 is 12.2 Å². The SMILES string of the molecule is O=C(N1CC(c2ccc(C3CC(C(F)(F)F)C3)nc2)C1)N1CC2(CC(c3n[nH]c(C4CC4)n3)C2)C1. The number of likely N-dealkylation sites (tertiary alicyclic amines) is 2. The van der Waals surface area contributed by atoms with Crippen LogP contribution in [-0.4, -0.2) is 68.4 Å². The number of aromatic amines is 1. The molecule has 4 heterocycles. The fourth-order valence-electron chi connectivity index (χ4n) is 6.41. The van der Waals surface area contributed by atoms with Gasteiger partial charge in [0, 0.05) is 67.2 Å². The largest absolute Gasteiger partial charge is 0.391 e. The molecule has 7 rings (SSSR count). The molecular formula is C25H29F3N6O. The van der Waals surface area contributed by atoms with Crippen molar-refractivity contribution in [2.24, 2.45) is 11.3 Å². The summed E-state index contributed by atoms with van der Waals surface area (Å²) < 4.78 is 38.2. The highest BCUT2D eigenvalue weighted by molar-refractivity contribution is 5.77. The van der Waals surface area contributed by atoms with Crippen molar-refractivity contribution in [1.29, 1.82) is 0 Å².